The van der Waals surface area contributed by atoms with Gasteiger partial charge >= 0.3 is 11.9 Å². The highest BCUT2D eigenvalue weighted by Gasteiger charge is 2.19. The number of hydrogen-bond acceptors (Lipinski definition) is 6. The van der Waals surface area contributed by atoms with Crippen LogP contribution in [0.4, 0.5) is 0 Å². The predicted molar refractivity (Wildman–Crippen MR) is 243 cm³/mol. The minimum Gasteiger partial charge on any atom is -0.465 e. The Morgan fingerprint density at radius 3 is 1.27 bits per heavy atom. The molecular weight excluding hydrogens is 693 g/mol. The highest BCUT2D eigenvalue weighted by atomic mass is 16.5. The molecule has 0 aliphatic carbocycles. The van der Waals surface area contributed by atoms with E-state index in [4.69, 9.17) is 15.2 Å². The zero-order chi connectivity index (χ0) is 41.0. The molecule has 0 bridgehead atoms. The van der Waals surface area contributed by atoms with Crippen molar-refractivity contribution in [3.05, 3.63) is 0 Å². The lowest BCUT2D eigenvalue weighted by Gasteiger charge is -2.21. The highest BCUT2D eigenvalue weighted by molar-refractivity contribution is 5.72. The molecule has 56 heavy (non-hydrogen) atoms. The van der Waals surface area contributed by atoms with Crippen LogP contribution in [0.15, 0.2) is 0 Å². The van der Waals surface area contributed by atoms with Crippen LogP contribution in [0.3, 0.4) is 0 Å². The molecule has 0 aliphatic heterocycles. The summed E-state index contributed by atoms with van der Waals surface area (Å²) < 4.78 is 11.9. The Morgan fingerprint density at radius 2 is 0.821 bits per heavy atom. The fourth-order valence-corrected chi connectivity index (χ4v) is 8.09. The lowest BCUT2D eigenvalue weighted by Crippen LogP contribution is -2.31. The van der Waals surface area contributed by atoms with Crippen LogP contribution in [-0.4, -0.2) is 55.7 Å². The van der Waals surface area contributed by atoms with E-state index in [0.29, 0.717) is 19.6 Å². The molecule has 0 fully saturated rings. The van der Waals surface area contributed by atoms with E-state index in [-0.39, 0.29) is 24.0 Å². The molecule has 0 atom stereocenters. The molecule has 6 heteroatoms. The summed E-state index contributed by atoms with van der Waals surface area (Å²) in [6.45, 7) is 13.4. The van der Waals surface area contributed by atoms with Gasteiger partial charge in [0.05, 0.1) is 12.5 Å². The van der Waals surface area contributed by atoms with E-state index in [1.807, 2.05) is 0 Å². The topological polar surface area (TPSA) is 81.9 Å². The maximum Gasteiger partial charge on any atom is 0.308 e. The van der Waals surface area contributed by atoms with Crippen LogP contribution in [-0.2, 0) is 19.1 Å². The number of carbonyl (C=O) groups is 2. The molecular formula is C50H100N2O4. The van der Waals surface area contributed by atoms with Crippen LogP contribution in [0.25, 0.3) is 0 Å². The van der Waals surface area contributed by atoms with Crippen molar-refractivity contribution in [3.63, 3.8) is 0 Å². The van der Waals surface area contributed by atoms with Gasteiger partial charge in [0, 0.05) is 19.5 Å². The van der Waals surface area contributed by atoms with E-state index in [1.54, 1.807) is 0 Å². The van der Waals surface area contributed by atoms with E-state index in [1.165, 1.54) is 161 Å². The van der Waals surface area contributed by atoms with Crippen molar-refractivity contribution >= 4 is 11.9 Å². The first-order valence-electron chi connectivity index (χ1n) is 25.3. The van der Waals surface area contributed by atoms with Crippen molar-refractivity contribution < 1.29 is 19.1 Å². The molecule has 0 aromatic rings. The van der Waals surface area contributed by atoms with Crippen molar-refractivity contribution in [2.75, 3.05) is 32.8 Å². The van der Waals surface area contributed by atoms with Gasteiger partial charge in [0.15, 0.2) is 0 Å². The summed E-state index contributed by atoms with van der Waals surface area (Å²) >= 11 is 0. The maximum atomic E-state index is 13.0. The van der Waals surface area contributed by atoms with E-state index in [0.717, 1.165) is 90.3 Å². The minimum atomic E-state index is 0.0155. The van der Waals surface area contributed by atoms with E-state index < -0.39 is 0 Å². The normalized spacial score (nSPS) is 11.7. The summed E-state index contributed by atoms with van der Waals surface area (Å²) in [5, 5.41) is 0. The quantitative estimate of drug-likeness (QED) is 0.0488. The van der Waals surface area contributed by atoms with Gasteiger partial charge in [-0.1, -0.05) is 195 Å². The Balaban J connectivity index is 4.29. The Hall–Kier alpha value is -1.14. The summed E-state index contributed by atoms with van der Waals surface area (Å²) in [4.78, 5) is 28.3. The molecule has 6 nitrogen and oxygen atoms in total. The summed E-state index contributed by atoms with van der Waals surface area (Å²) in [5.74, 6) is 0.181. The van der Waals surface area contributed by atoms with E-state index >= 15 is 0 Å². The Labute approximate surface area is 350 Å². The van der Waals surface area contributed by atoms with Gasteiger partial charge in [-0.3, -0.25) is 9.59 Å². The van der Waals surface area contributed by atoms with Gasteiger partial charge in [0.25, 0.3) is 0 Å². The average Bonchev–Trinajstić information content (AvgIpc) is 3.19. The van der Waals surface area contributed by atoms with Crippen LogP contribution in [0.5, 0.6) is 0 Å². The largest absolute Gasteiger partial charge is 0.465 e. The Kier molecular flexibility index (Phi) is 44.0. The first kappa shape index (κ1) is 54.9. The predicted octanol–water partition coefficient (Wildman–Crippen LogP) is 14.8. The molecule has 334 valence electrons. The molecule has 0 aliphatic rings. The molecule has 0 saturated carbocycles. The first-order chi connectivity index (χ1) is 27.5. The molecule has 2 N–H and O–H groups in total. The van der Waals surface area contributed by atoms with E-state index in [2.05, 4.69) is 32.6 Å². The molecule has 0 amide bonds. The number of nitrogens with zero attached hydrogens (tertiary/aromatic N) is 1. The SMILES string of the molecule is CCCCCCCCC(CCCCCCCC)OC(=O)CCCCCN(CCN)CCCCCCCOC(=O)C(CCCCCCCC)CCCCCCCC. The number of ether oxygens (including phenoxy) is 2. The number of unbranched alkanes of at least 4 members (excludes halogenated alkanes) is 26. The third kappa shape index (κ3) is 38.4. The second-order valence-corrected chi connectivity index (χ2v) is 17.4. The lowest BCUT2D eigenvalue weighted by molar-refractivity contribution is -0.150. The second kappa shape index (κ2) is 45.0. The third-order valence-corrected chi connectivity index (χ3v) is 11.9. The second-order valence-electron chi connectivity index (χ2n) is 17.4. The summed E-state index contributed by atoms with van der Waals surface area (Å²) in [7, 11) is 0. The number of carbonyl (C=O) groups excluding carboxylic acids is 2. The van der Waals surface area contributed by atoms with E-state index in [9.17, 15) is 9.59 Å². The van der Waals surface area contributed by atoms with Crippen LogP contribution >= 0.6 is 0 Å². The number of esters is 2. The van der Waals surface area contributed by atoms with Crippen molar-refractivity contribution in [3.8, 4) is 0 Å². The molecule has 0 radical (unpaired) electrons. The highest BCUT2D eigenvalue weighted by Crippen LogP contribution is 2.22. The Bertz CT molecular complexity index is 776. The fraction of sp³-hybridized carbons (Fsp3) is 0.960. The number of rotatable bonds is 46. The number of nitrogens with two attached hydrogens (primary N) is 1. The molecule has 0 aromatic carbocycles. The van der Waals surface area contributed by atoms with Crippen molar-refractivity contribution in [1.82, 2.24) is 4.90 Å². The van der Waals surface area contributed by atoms with Gasteiger partial charge < -0.3 is 20.1 Å². The Morgan fingerprint density at radius 1 is 0.446 bits per heavy atom. The third-order valence-electron chi connectivity index (χ3n) is 11.9. The summed E-state index contributed by atoms with van der Waals surface area (Å²) in [6, 6.07) is 0. The van der Waals surface area contributed by atoms with Crippen LogP contribution in [0.1, 0.15) is 265 Å². The van der Waals surface area contributed by atoms with Gasteiger partial charge in [-0.25, -0.2) is 0 Å². The zero-order valence-corrected chi connectivity index (χ0v) is 38.5. The van der Waals surface area contributed by atoms with Crippen LogP contribution in [0.2, 0.25) is 0 Å². The first-order valence-corrected chi connectivity index (χ1v) is 25.3. The molecule has 0 aromatic heterocycles. The summed E-state index contributed by atoms with van der Waals surface area (Å²) in [6.07, 6.45) is 44.2. The minimum absolute atomic E-state index is 0.0155. The molecule has 0 rings (SSSR count). The summed E-state index contributed by atoms with van der Waals surface area (Å²) in [5.41, 5.74) is 5.96. The van der Waals surface area contributed by atoms with Gasteiger partial charge in [-0.05, 0) is 77.3 Å². The monoisotopic (exact) mass is 793 g/mol. The van der Waals surface area contributed by atoms with Crippen molar-refractivity contribution in [2.45, 2.75) is 271 Å². The molecule has 0 heterocycles. The average molecular weight is 793 g/mol. The van der Waals surface area contributed by atoms with Crippen molar-refractivity contribution in [1.29, 1.82) is 0 Å². The lowest BCUT2D eigenvalue weighted by atomic mass is 9.94. The number of hydrogen-bond donors (Lipinski definition) is 1. The smallest absolute Gasteiger partial charge is 0.308 e. The van der Waals surface area contributed by atoms with Gasteiger partial charge in [0.2, 0.25) is 0 Å². The van der Waals surface area contributed by atoms with Gasteiger partial charge in [-0.2, -0.15) is 0 Å². The van der Waals surface area contributed by atoms with Crippen LogP contribution < -0.4 is 5.73 Å². The maximum absolute atomic E-state index is 13.0. The molecule has 0 saturated heterocycles. The van der Waals surface area contributed by atoms with Crippen LogP contribution in [0, 0.1) is 5.92 Å². The molecule has 0 unspecified atom stereocenters. The van der Waals surface area contributed by atoms with Gasteiger partial charge in [-0.15, -0.1) is 0 Å². The molecule has 0 spiro atoms. The fourth-order valence-electron chi connectivity index (χ4n) is 8.09. The van der Waals surface area contributed by atoms with Crippen molar-refractivity contribution in [2.24, 2.45) is 11.7 Å². The zero-order valence-electron chi connectivity index (χ0n) is 38.5. The van der Waals surface area contributed by atoms with Gasteiger partial charge in [0.1, 0.15) is 6.10 Å². The standard InChI is InChI=1S/C50H100N2O4/c1-5-9-13-17-22-29-37-47(38-30-23-18-14-10-6-2)50(54)55-46-36-27-21-26-34-43-52(45-42-51)44-35-28-33-41-49(53)56-48(39-31-24-19-15-11-7-3)40-32-25-20-16-12-8-4/h47-48H,5-46,51H2,1-4H3.